The summed E-state index contributed by atoms with van der Waals surface area (Å²) in [5.41, 5.74) is 0.950. The van der Waals surface area contributed by atoms with E-state index in [-0.39, 0.29) is 11.4 Å². The minimum absolute atomic E-state index is 0.150. The topological polar surface area (TPSA) is 29.1 Å². The number of halogens is 1. The highest BCUT2D eigenvalue weighted by Crippen LogP contribution is 2.39. The fraction of sp³-hybridized carbons (Fsp3) is 0.562. The van der Waals surface area contributed by atoms with Crippen molar-refractivity contribution < 1.29 is 4.79 Å². The molecular weight excluding hydrogens is 258 g/mol. The van der Waals surface area contributed by atoms with E-state index in [0.717, 1.165) is 36.3 Å². The van der Waals surface area contributed by atoms with Crippen molar-refractivity contribution >= 4 is 17.5 Å². The first-order chi connectivity index (χ1) is 9.02. The first-order valence-corrected chi connectivity index (χ1v) is 7.47. The smallest absolute Gasteiger partial charge is 0.220 e. The quantitative estimate of drug-likeness (QED) is 0.876. The molecule has 1 aliphatic rings. The van der Waals surface area contributed by atoms with E-state index in [1.807, 2.05) is 18.2 Å². The van der Waals surface area contributed by atoms with Gasteiger partial charge in [0.25, 0.3) is 0 Å². The Morgan fingerprint density at radius 3 is 2.63 bits per heavy atom. The van der Waals surface area contributed by atoms with Gasteiger partial charge in [0.1, 0.15) is 0 Å². The number of nitrogens with one attached hydrogen (secondary N) is 1. The first kappa shape index (κ1) is 14.4. The van der Waals surface area contributed by atoms with Crippen molar-refractivity contribution in [1.82, 2.24) is 5.32 Å². The first-order valence-electron chi connectivity index (χ1n) is 7.09. The fourth-order valence-electron chi connectivity index (χ4n) is 2.94. The highest BCUT2D eigenvalue weighted by molar-refractivity contribution is 6.30. The molecule has 0 heterocycles. The van der Waals surface area contributed by atoms with Gasteiger partial charge in [-0.1, -0.05) is 50.4 Å². The van der Waals surface area contributed by atoms with Crippen LogP contribution in [0.5, 0.6) is 0 Å². The molecule has 0 saturated heterocycles. The lowest BCUT2D eigenvalue weighted by atomic mass is 9.87. The van der Waals surface area contributed by atoms with Crippen molar-refractivity contribution in [3.05, 3.63) is 34.9 Å². The van der Waals surface area contributed by atoms with Crippen LogP contribution in [0.4, 0.5) is 0 Å². The van der Waals surface area contributed by atoms with E-state index >= 15 is 0 Å². The van der Waals surface area contributed by atoms with Gasteiger partial charge in [0.15, 0.2) is 0 Å². The molecule has 0 aliphatic heterocycles. The Labute approximate surface area is 120 Å². The van der Waals surface area contributed by atoms with Gasteiger partial charge in [-0.05, 0) is 36.5 Å². The minimum atomic E-state index is -0.198. The maximum atomic E-state index is 12.1. The maximum Gasteiger partial charge on any atom is 0.220 e. The monoisotopic (exact) mass is 279 g/mol. The third kappa shape index (κ3) is 3.50. The van der Waals surface area contributed by atoms with Gasteiger partial charge in [-0.25, -0.2) is 0 Å². The highest BCUT2D eigenvalue weighted by Gasteiger charge is 2.37. The van der Waals surface area contributed by atoms with Crippen LogP contribution in [0, 0.1) is 5.92 Å². The number of carbonyl (C=O) groups is 1. The SMILES string of the molecule is CC(C)CC(=O)NC1(c2cccc(Cl)c2)CCCC1. The van der Waals surface area contributed by atoms with Crippen LogP contribution in [0.25, 0.3) is 0 Å². The van der Waals surface area contributed by atoms with E-state index in [1.54, 1.807) is 0 Å². The van der Waals surface area contributed by atoms with Gasteiger partial charge in [-0.15, -0.1) is 0 Å². The second-order valence-electron chi connectivity index (χ2n) is 5.95. The summed E-state index contributed by atoms with van der Waals surface area (Å²) < 4.78 is 0. The van der Waals surface area contributed by atoms with Gasteiger partial charge in [-0.2, -0.15) is 0 Å². The molecule has 0 bridgehead atoms. The molecule has 3 heteroatoms. The fourth-order valence-corrected chi connectivity index (χ4v) is 3.13. The summed E-state index contributed by atoms with van der Waals surface area (Å²) in [6.07, 6.45) is 4.93. The predicted octanol–water partition coefficient (Wildman–Crippen LogP) is 4.27. The summed E-state index contributed by atoms with van der Waals surface area (Å²) in [6.45, 7) is 4.14. The Morgan fingerprint density at radius 2 is 2.05 bits per heavy atom. The highest BCUT2D eigenvalue weighted by atomic mass is 35.5. The molecule has 1 saturated carbocycles. The Morgan fingerprint density at radius 1 is 1.37 bits per heavy atom. The summed E-state index contributed by atoms with van der Waals surface area (Å²) in [7, 11) is 0. The number of amides is 1. The zero-order valence-electron chi connectivity index (χ0n) is 11.7. The van der Waals surface area contributed by atoms with Gasteiger partial charge in [0.2, 0.25) is 5.91 Å². The minimum Gasteiger partial charge on any atom is -0.347 e. The van der Waals surface area contributed by atoms with Crippen molar-refractivity contribution in [2.24, 2.45) is 5.92 Å². The number of benzene rings is 1. The lowest BCUT2D eigenvalue weighted by Crippen LogP contribution is -2.44. The van der Waals surface area contributed by atoms with E-state index in [4.69, 9.17) is 11.6 Å². The van der Waals surface area contributed by atoms with Gasteiger partial charge < -0.3 is 5.32 Å². The van der Waals surface area contributed by atoms with Crippen LogP contribution in [0.1, 0.15) is 51.5 Å². The summed E-state index contributed by atoms with van der Waals surface area (Å²) in [5, 5.41) is 4.01. The molecule has 1 aromatic carbocycles. The molecule has 1 fully saturated rings. The van der Waals surface area contributed by atoms with Gasteiger partial charge in [0, 0.05) is 11.4 Å². The lowest BCUT2D eigenvalue weighted by Gasteiger charge is -2.31. The van der Waals surface area contributed by atoms with Crippen LogP contribution in [0.15, 0.2) is 24.3 Å². The van der Waals surface area contributed by atoms with Crippen LogP contribution >= 0.6 is 11.6 Å². The summed E-state index contributed by atoms with van der Waals surface area (Å²) in [5.74, 6) is 0.537. The lowest BCUT2D eigenvalue weighted by molar-refractivity contribution is -0.123. The normalized spacial score (nSPS) is 17.7. The molecule has 1 aliphatic carbocycles. The summed E-state index contributed by atoms with van der Waals surface area (Å²) in [6, 6.07) is 7.91. The van der Waals surface area contributed by atoms with Crippen molar-refractivity contribution in [3.8, 4) is 0 Å². The van der Waals surface area contributed by atoms with Crippen molar-refractivity contribution in [2.75, 3.05) is 0 Å². The second kappa shape index (κ2) is 5.96. The third-order valence-electron chi connectivity index (χ3n) is 3.81. The second-order valence-corrected chi connectivity index (χ2v) is 6.38. The molecule has 104 valence electrons. The van der Waals surface area contributed by atoms with E-state index in [2.05, 4.69) is 25.2 Å². The predicted molar refractivity (Wildman–Crippen MR) is 79.2 cm³/mol. The van der Waals surface area contributed by atoms with Crippen LogP contribution in [0.2, 0.25) is 5.02 Å². The molecule has 0 spiro atoms. The number of rotatable bonds is 4. The maximum absolute atomic E-state index is 12.1. The molecule has 0 aromatic heterocycles. The van der Waals surface area contributed by atoms with Crippen LogP contribution in [0.3, 0.4) is 0 Å². The van der Waals surface area contributed by atoms with E-state index < -0.39 is 0 Å². The zero-order chi connectivity index (χ0) is 13.9. The Kier molecular flexibility index (Phi) is 4.51. The van der Waals surface area contributed by atoms with Crippen molar-refractivity contribution in [1.29, 1.82) is 0 Å². The molecule has 1 aromatic rings. The van der Waals surface area contributed by atoms with Crippen LogP contribution in [-0.2, 0) is 10.3 Å². The van der Waals surface area contributed by atoms with E-state index in [1.165, 1.54) is 0 Å². The molecular formula is C16H22ClNO. The third-order valence-corrected chi connectivity index (χ3v) is 4.04. The molecule has 0 atom stereocenters. The van der Waals surface area contributed by atoms with Gasteiger partial charge in [0.05, 0.1) is 5.54 Å². The molecule has 1 N–H and O–H groups in total. The van der Waals surface area contributed by atoms with Crippen LogP contribution < -0.4 is 5.32 Å². The van der Waals surface area contributed by atoms with Crippen LogP contribution in [-0.4, -0.2) is 5.91 Å². The van der Waals surface area contributed by atoms with E-state index in [0.29, 0.717) is 12.3 Å². The zero-order valence-corrected chi connectivity index (χ0v) is 12.5. The largest absolute Gasteiger partial charge is 0.347 e. The molecule has 19 heavy (non-hydrogen) atoms. The molecule has 0 unspecified atom stereocenters. The van der Waals surface area contributed by atoms with Crippen molar-refractivity contribution in [3.63, 3.8) is 0 Å². The number of hydrogen-bond acceptors (Lipinski definition) is 1. The standard InChI is InChI=1S/C16H22ClNO/c1-12(2)10-15(19)18-16(8-3-4-9-16)13-6-5-7-14(17)11-13/h5-7,11-12H,3-4,8-10H2,1-2H3,(H,18,19). The van der Waals surface area contributed by atoms with E-state index in [9.17, 15) is 4.79 Å². The molecule has 2 rings (SSSR count). The average molecular weight is 280 g/mol. The Bertz CT molecular complexity index is 450. The average Bonchev–Trinajstić information content (AvgIpc) is 2.77. The molecule has 0 radical (unpaired) electrons. The number of carbonyl (C=O) groups excluding carboxylic acids is 1. The molecule has 1 amide bonds. The molecule has 2 nitrogen and oxygen atoms in total. The van der Waals surface area contributed by atoms with Crippen molar-refractivity contribution in [2.45, 2.75) is 51.5 Å². The van der Waals surface area contributed by atoms with Gasteiger partial charge in [-0.3, -0.25) is 4.79 Å². The Balaban J connectivity index is 2.21. The van der Waals surface area contributed by atoms with Gasteiger partial charge >= 0.3 is 0 Å². The summed E-state index contributed by atoms with van der Waals surface area (Å²) >= 11 is 6.09. The summed E-state index contributed by atoms with van der Waals surface area (Å²) in [4.78, 5) is 12.1. The Hall–Kier alpha value is -1.02. The number of hydrogen-bond donors (Lipinski definition) is 1.